The molecule has 1 rings (SSSR count). The van der Waals surface area contributed by atoms with Crippen molar-refractivity contribution in [2.24, 2.45) is 5.73 Å². The molecule has 0 saturated carbocycles. The van der Waals surface area contributed by atoms with Crippen molar-refractivity contribution in [1.29, 1.82) is 0 Å². The van der Waals surface area contributed by atoms with E-state index in [1.807, 2.05) is 0 Å². The zero-order valence-corrected chi connectivity index (χ0v) is 10.9. The van der Waals surface area contributed by atoms with E-state index in [2.05, 4.69) is 4.98 Å². The summed E-state index contributed by atoms with van der Waals surface area (Å²) in [6.45, 7) is 1.52. The molecule has 1 aromatic heterocycles. The van der Waals surface area contributed by atoms with Crippen LogP contribution in [0.15, 0.2) is 18.3 Å². The maximum absolute atomic E-state index is 12.3. The van der Waals surface area contributed by atoms with Crippen LogP contribution in [0.5, 0.6) is 0 Å². The van der Waals surface area contributed by atoms with Crippen LogP contribution in [-0.4, -0.2) is 28.7 Å². The van der Waals surface area contributed by atoms with Gasteiger partial charge in [-0.15, -0.1) is 0 Å². The molecule has 1 atom stereocenters. The van der Waals surface area contributed by atoms with Gasteiger partial charge in [0.15, 0.2) is 0 Å². The third-order valence-electron chi connectivity index (χ3n) is 2.65. The second-order valence-electron chi connectivity index (χ2n) is 3.93. The molecule has 0 bridgehead atoms. The number of carbonyl (C=O) groups is 2. The van der Waals surface area contributed by atoms with E-state index in [0.717, 1.165) is 17.0 Å². The summed E-state index contributed by atoms with van der Waals surface area (Å²) in [5, 5.41) is 0. The van der Waals surface area contributed by atoms with Crippen LogP contribution in [0, 0.1) is 0 Å². The molecular weight excluding hydrogens is 277 g/mol. The molecule has 1 unspecified atom stereocenters. The first kappa shape index (κ1) is 17.8. The molecule has 0 radical (unpaired) electrons. The lowest BCUT2D eigenvalue weighted by Crippen LogP contribution is -2.39. The molecular formula is C11H15F3N4O2. The molecule has 0 aromatic carbocycles. The van der Waals surface area contributed by atoms with Crippen LogP contribution in [0.1, 0.15) is 24.2 Å². The lowest BCUT2D eigenvalue weighted by Gasteiger charge is -2.23. The lowest BCUT2D eigenvalue weighted by atomic mass is 10.1. The summed E-state index contributed by atoms with van der Waals surface area (Å²) in [7, 11) is 1.32. The zero-order valence-electron chi connectivity index (χ0n) is 10.9. The van der Waals surface area contributed by atoms with E-state index in [1.54, 1.807) is 0 Å². The molecule has 0 aliphatic rings. The smallest absolute Gasteiger partial charge is 0.361 e. The second kappa shape index (κ2) is 6.33. The van der Waals surface area contributed by atoms with Gasteiger partial charge in [0.25, 0.3) is 0 Å². The van der Waals surface area contributed by atoms with E-state index in [9.17, 15) is 22.8 Å². The first-order valence-electron chi connectivity index (χ1n) is 5.24. The Bertz CT molecular complexity index is 487. The predicted octanol–water partition coefficient (Wildman–Crippen LogP) is 1.27. The van der Waals surface area contributed by atoms with Crippen LogP contribution in [0.2, 0.25) is 0 Å². The number of likely N-dealkylation sites (N-methyl/N-ethyl adjacent to an activating group) is 1. The van der Waals surface area contributed by atoms with Crippen LogP contribution >= 0.6 is 0 Å². The third-order valence-corrected chi connectivity index (χ3v) is 2.65. The number of aromatic nitrogens is 1. The highest BCUT2D eigenvalue weighted by molar-refractivity contribution is 6.34. The summed E-state index contributed by atoms with van der Waals surface area (Å²) in [5.41, 5.74) is 4.18. The number of primary amides is 1. The van der Waals surface area contributed by atoms with Crippen LogP contribution in [0.4, 0.5) is 13.2 Å². The van der Waals surface area contributed by atoms with Gasteiger partial charge in [0, 0.05) is 13.2 Å². The van der Waals surface area contributed by atoms with Gasteiger partial charge in [0.05, 0.1) is 17.3 Å². The minimum absolute atomic E-state index is 0. The van der Waals surface area contributed by atoms with Gasteiger partial charge < -0.3 is 16.8 Å². The molecule has 0 fully saturated rings. The Morgan fingerprint density at radius 2 is 1.90 bits per heavy atom. The Morgan fingerprint density at radius 3 is 2.25 bits per heavy atom. The number of hydrogen-bond donors (Lipinski definition) is 2. The first-order valence-corrected chi connectivity index (χ1v) is 5.24. The number of rotatable bonds is 2. The third kappa shape index (κ3) is 3.92. The minimum atomic E-state index is -4.47. The van der Waals surface area contributed by atoms with E-state index in [1.165, 1.54) is 14.0 Å². The standard InChI is InChI=1S/C11H12F3N3O2.H3N/c1-6(17(2)10(19)9(15)18)8-4-3-7(5-16-8)11(12,13)14;/h3-6H,1-2H3,(H2,15,18);1H3. The van der Waals surface area contributed by atoms with E-state index >= 15 is 0 Å². The van der Waals surface area contributed by atoms with Crippen LogP contribution in [-0.2, 0) is 15.8 Å². The summed E-state index contributed by atoms with van der Waals surface area (Å²) in [6.07, 6.45) is -3.79. The fourth-order valence-electron chi connectivity index (χ4n) is 1.37. The Kier molecular flexibility index (Phi) is 5.64. The molecule has 0 aliphatic heterocycles. The van der Waals surface area contributed by atoms with Gasteiger partial charge >= 0.3 is 18.0 Å². The van der Waals surface area contributed by atoms with E-state index in [4.69, 9.17) is 5.73 Å². The highest BCUT2D eigenvalue weighted by Gasteiger charge is 2.31. The molecule has 0 aliphatic carbocycles. The summed E-state index contributed by atoms with van der Waals surface area (Å²) in [5.74, 6) is -2.07. The molecule has 1 heterocycles. The average molecular weight is 292 g/mol. The monoisotopic (exact) mass is 292 g/mol. The largest absolute Gasteiger partial charge is 0.417 e. The van der Waals surface area contributed by atoms with Gasteiger partial charge in [0.1, 0.15) is 0 Å². The zero-order chi connectivity index (χ0) is 14.8. The summed E-state index contributed by atoms with van der Waals surface area (Å²) < 4.78 is 37.0. The molecule has 1 aromatic rings. The van der Waals surface area contributed by atoms with E-state index in [0.29, 0.717) is 6.20 Å². The summed E-state index contributed by atoms with van der Waals surface area (Å²) in [4.78, 5) is 26.7. The first-order chi connectivity index (χ1) is 8.64. The lowest BCUT2D eigenvalue weighted by molar-refractivity contribution is -0.144. The highest BCUT2D eigenvalue weighted by atomic mass is 19.4. The fraction of sp³-hybridized carbons (Fsp3) is 0.364. The van der Waals surface area contributed by atoms with Crippen LogP contribution in [0.25, 0.3) is 0 Å². The SMILES string of the molecule is CC(c1ccc(C(F)(F)F)cn1)N(C)C(=O)C(N)=O.N. The Balaban J connectivity index is 0.00000361. The molecule has 0 saturated heterocycles. The molecule has 2 amide bonds. The van der Waals surface area contributed by atoms with E-state index in [-0.39, 0.29) is 11.8 Å². The fourth-order valence-corrected chi connectivity index (χ4v) is 1.37. The van der Waals surface area contributed by atoms with Crippen molar-refractivity contribution in [3.8, 4) is 0 Å². The van der Waals surface area contributed by atoms with Gasteiger partial charge in [-0.25, -0.2) is 0 Å². The molecule has 0 spiro atoms. The highest BCUT2D eigenvalue weighted by Crippen LogP contribution is 2.29. The second-order valence-corrected chi connectivity index (χ2v) is 3.93. The number of pyridine rings is 1. The Morgan fingerprint density at radius 1 is 1.35 bits per heavy atom. The van der Waals surface area contributed by atoms with Gasteiger partial charge in [-0.05, 0) is 19.1 Å². The van der Waals surface area contributed by atoms with Crippen molar-refractivity contribution in [2.45, 2.75) is 19.1 Å². The van der Waals surface area contributed by atoms with Gasteiger partial charge in [0.2, 0.25) is 0 Å². The van der Waals surface area contributed by atoms with E-state index < -0.39 is 29.6 Å². The van der Waals surface area contributed by atoms with Crippen molar-refractivity contribution >= 4 is 11.8 Å². The average Bonchev–Trinajstić information content (AvgIpc) is 2.35. The Labute approximate surface area is 113 Å². The van der Waals surface area contributed by atoms with Crippen molar-refractivity contribution in [2.75, 3.05) is 7.05 Å². The van der Waals surface area contributed by atoms with Crippen LogP contribution in [0.3, 0.4) is 0 Å². The van der Waals surface area contributed by atoms with Gasteiger partial charge in [-0.1, -0.05) is 0 Å². The summed E-state index contributed by atoms with van der Waals surface area (Å²) in [6, 6.07) is 1.35. The maximum atomic E-state index is 12.3. The number of carbonyl (C=O) groups excluding carboxylic acids is 2. The number of alkyl halides is 3. The predicted molar refractivity (Wildman–Crippen MR) is 64.6 cm³/mol. The molecule has 9 heteroatoms. The van der Waals surface area contributed by atoms with Crippen molar-refractivity contribution in [3.05, 3.63) is 29.6 Å². The van der Waals surface area contributed by atoms with Crippen molar-refractivity contribution in [1.82, 2.24) is 16.0 Å². The van der Waals surface area contributed by atoms with Gasteiger partial charge in [-0.3, -0.25) is 14.6 Å². The number of amides is 2. The topological polar surface area (TPSA) is 111 Å². The summed E-state index contributed by atoms with van der Waals surface area (Å²) >= 11 is 0. The van der Waals surface area contributed by atoms with Crippen LogP contribution < -0.4 is 11.9 Å². The normalized spacial score (nSPS) is 12.2. The van der Waals surface area contributed by atoms with Crippen molar-refractivity contribution < 1.29 is 22.8 Å². The van der Waals surface area contributed by atoms with Gasteiger partial charge in [-0.2, -0.15) is 13.2 Å². The number of nitrogens with zero attached hydrogens (tertiary/aromatic N) is 2. The Hall–Kier alpha value is -2.16. The number of nitrogens with two attached hydrogens (primary N) is 1. The molecule has 6 nitrogen and oxygen atoms in total. The molecule has 5 N–H and O–H groups in total. The molecule has 20 heavy (non-hydrogen) atoms. The maximum Gasteiger partial charge on any atom is 0.417 e. The minimum Gasteiger partial charge on any atom is -0.361 e. The number of hydrogen-bond acceptors (Lipinski definition) is 4. The quantitative estimate of drug-likeness (QED) is 0.799. The molecule has 112 valence electrons. The van der Waals surface area contributed by atoms with Crippen molar-refractivity contribution in [3.63, 3.8) is 0 Å². The number of halogens is 3.